The Balaban J connectivity index is 1.62. The Morgan fingerprint density at radius 1 is 1.35 bits per heavy atom. The van der Waals surface area contributed by atoms with Gasteiger partial charge in [0.1, 0.15) is 5.82 Å². The van der Waals surface area contributed by atoms with Crippen LogP contribution in [0, 0.1) is 6.92 Å². The Morgan fingerprint density at radius 2 is 2.15 bits per heavy atom. The molecule has 2 amide bonds. The molecule has 4 N–H and O–H groups in total. The highest BCUT2D eigenvalue weighted by molar-refractivity contribution is 6.12. The maximum Gasteiger partial charge on any atom is 0.258 e. The molecule has 8 heteroatoms. The van der Waals surface area contributed by atoms with Crippen molar-refractivity contribution in [3.05, 3.63) is 47.8 Å². The summed E-state index contributed by atoms with van der Waals surface area (Å²) in [4.78, 5) is 27.7. The Bertz CT molecular complexity index is 989. The van der Waals surface area contributed by atoms with Crippen LogP contribution < -0.4 is 16.0 Å². The number of aryl methyl sites for hydroxylation is 1. The van der Waals surface area contributed by atoms with Crippen molar-refractivity contribution in [2.24, 2.45) is 0 Å². The summed E-state index contributed by atoms with van der Waals surface area (Å²) in [5, 5.41) is 14.3. The SMILES string of the molecule is Cc1cc(NC(=O)c2c[nH]c3ccccc23)n(C2NC(=O)CC(C)N2)n1. The smallest absolute Gasteiger partial charge is 0.258 e. The van der Waals surface area contributed by atoms with Gasteiger partial charge in [-0.25, -0.2) is 4.68 Å². The largest absolute Gasteiger partial charge is 0.360 e. The van der Waals surface area contributed by atoms with E-state index in [0.717, 1.165) is 16.6 Å². The minimum Gasteiger partial charge on any atom is -0.360 e. The van der Waals surface area contributed by atoms with Crippen LogP contribution in [0.1, 0.15) is 35.7 Å². The van der Waals surface area contributed by atoms with E-state index < -0.39 is 6.29 Å². The number of aromatic amines is 1. The third-order valence-electron chi connectivity index (χ3n) is 4.41. The van der Waals surface area contributed by atoms with Crippen molar-refractivity contribution in [3.63, 3.8) is 0 Å². The average Bonchev–Trinajstić information content (AvgIpc) is 3.17. The molecule has 0 aliphatic carbocycles. The zero-order valence-electron chi connectivity index (χ0n) is 14.5. The van der Waals surface area contributed by atoms with Gasteiger partial charge < -0.3 is 15.6 Å². The van der Waals surface area contributed by atoms with Crippen molar-refractivity contribution in [3.8, 4) is 0 Å². The summed E-state index contributed by atoms with van der Waals surface area (Å²) in [5.74, 6) is 0.228. The maximum atomic E-state index is 12.8. The van der Waals surface area contributed by atoms with Gasteiger partial charge in [-0.2, -0.15) is 5.10 Å². The van der Waals surface area contributed by atoms with Gasteiger partial charge in [0.05, 0.1) is 11.3 Å². The second-order valence-corrected chi connectivity index (χ2v) is 6.56. The molecule has 2 unspecified atom stereocenters. The molecule has 0 bridgehead atoms. The second-order valence-electron chi connectivity index (χ2n) is 6.56. The normalized spacial score (nSPS) is 20.2. The molecule has 0 radical (unpaired) electrons. The lowest BCUT2D eigenvalue weighted by molar-refractivity contribution is -0.125. The molecular formula is C18H20N6O2. The number of para-hydroxylation sites is 1. The third kappa shape index (κ3) is 2.95. The topological polar surface area (TPSA) is 104 Å². The highest BCUT2D eigenvalue weighted by Gasteiger charge is 2.27. The van der Waals surface area contributed by atoms with E-state index in [9.17, 15) is 9.59 Å². The number of carbonyl (C=O) groups excluding carboxylic acids is 2. The van der Waals surface area contributed by atoms with Crippen LogP contribution >= 0.6 is 0 Å². The summed E-state index contributed by atoms with van der Waals surface area (Å²) in [7, 11) is 0. The molecule has 1 fully saturated rings. The minimum atomic E-state index is -0.502. The highest BCUT2D eigenvalue weighted by Crippen LogP contribution is 2.21. The van der Waals surface area contributed by atoms with Crippen LogP contribution in [-0.2, 0) is 4.79 Å². The number of nitrogens with one attached hydrogen (secondary N) is 4. The number of H-pyrrole nitrogens is 1. The zero-order valence-corrected chi connectivity index (χ0v) is 14.5. The Labute approximate surface area is 150 Å². The molecule has 1 aromatic carbocycles. The predicted octanol–water partition coefficient (Wildman–Crippen LogP) is 1.88. The number of hydrogen-bond acceptors (Lipinski definition) is 4. The first-order valence-electron chi connectivity index (χ1n) is 8.50. The van der Waals surface area contributed by atoms with E-state index >= 15 is 0 Å². The number of benzene rings is 1. The number of carbonyl (C=O) groups is 2. The van der Waals surface area contributed by atoms with Crippen LogP contribution in [0.4, 0.5) is 5.82 Å². The Morgan fingerprint density at radius 3 is 2.96 bits per heavy atom. The van der Waals surface area contributed by atoms with Crippen molar-refractivity contribution < 1.29 is 9.59 Å². The molecule has 4 rings (SSSR count). The first-order chi connectivity index (χ1) is 12.5. The molecule has 8 nitrogen and oxygen atoms in total. The number of anilines is 1. The number of aromatic nitrogens is 3. The van der Waals surface area contributed by atoms with Gasteiger partial charge in [0.25, 0.3) is 5.91 Å². The van der Waals surface area contributed by atoms with Gasteiger partial charge in [0, 0.05) is 35.6 Å². The lowest BCUT2D eigenvalue weighted by Gasteiger charge is -2.30. The van der Waals surface area contributed by atoms with Crippen molar-refractivity contribution in [2.45, 2.75) is 32.6 Å². The first-order valence-corrected chi connectivity index (χ1v) is 8.50. The predicted molar refractivity (Wildman–Crippen MR) is 97.6 cm³/mol. The van der Waals surface area contributed by atoms with E-state index in [2.05, 4.69) is 26.0 Å². The monoisotopic (exact) mass is 352 g/mol. The van der Waals surface area contributed by atoms with Crippen LogP contribution in [0.5, 0.6) is 0 Å². The summed E-state index contributed by atoms with van der Waals surface area (Å²) >= 11 is 0. The van der Waals surface area contributed by atoms with Gasteiger partial charge in [0.15, 0.2) is 6.29 Å². The van der Waals surface area contributed by atoms with Gasteiger partial charge in [-0.1, -0.05) is 18.2 Å². The van der Waals surface area contributed by atoms with Crippen LogP contribution in [0.2, 0.25) is 0 Å². The van der Waals surface area contributed by atoms with Crippen LogP contribution in [0.3, 0.4) is 0 Å². The van der Waals surface area contributed by atoms with Gasteiger partial charge in [-0.3, -0.25) is 14.9 Å². The van der Waals surface area contributed by atoms with Crippen molar-refractivity contribution in [1.82, 2.24) is 25.4 Å². The molecule has 0 spiro atoms. The molecular weight excluding hydrogens is 332 g/mol. The number of rotatable bonds is 3. The zero-order chi connectivity index (χ0) is 18.3. The fourth-order valence-corrected chi connectivity index (χ4v) is 3.24. The lowest BCUT2D eigenvalue weighted by Crippen LogP contribution is -2.52. The Hall–Kier alpha value is -3.13. The van der Waals surface area contributed by atoms with Crippen LogP contribution in [0.25, 0.3) is 10.9 Å². The summed E-state index contributed by atoms with van der Waals surface area (Å²) in [6.07, 6.45) is 1.60. The van der Waals surface area contributed by atoms with E-state index in [1.54, 1.807) is 16.9 Å². The van der Waals surface area contributed by atoms with E-state index in [4.69, 9.17) is 0 Å². The molecule has 1 saturated heterocycles. The van der Waals surface area contributed by atoms with Crippen molar-refractivity contribution in [2.75, 3.05) is 5.32 Å². The molecule has 0 saturated carbocycles. The summed E-state index contributed by atoms with van der Waals surface area (Å²) in [5.41, 5.74) is 2.20. The molecule has 3 heterocycles. The van der Waals surface area contributed by atoms with Crippen molar-refractivity contribution >= 4 is 28.5 Å². The molecule has 1 aliphatic heterocycles. The fourth-order valence-electron chi connectivity index (χ4n) is 3.24. The van der Waals surface area contributed by atoms with E-state index in [1.165, 1.54) is 0 Å². The molecule has 1 aliphatic rings. The number of amides is 2. The Kier molecular flexibility index (Phi) is 3.96. The van der Waals surface area contributed by atoms with Crippen molar-refractivity contribution in [1.29, 1.82) is 0 Å². The van der Waals surface area contributed by atoms with Crippen LogP contribution in [-0.4, -0.2) is 32.6 Å². The van der Waals surface area contributed by atoms with E-state index in [0.29, 0.717) is 17.8 Å². The van der Waals surface area contributed by atoms with Crippen LogP contribution in [0.15, 0.2) is 36.5 Å². The van der Waals surface area contributed by atoms with Gasteiger partial charge >= 0.3 is 0 Å². The standard InChI is InChI=1S/C18H20N6O2/c1-10-8-16(25)22-18(20-10)24-15(7-11(2)23-24)21-17(26)13-9-19-14-6-4-3-5-12(13)14/h3-7,9-10,18-20H,8H2,1-2H3,(H,21,26)(H,22,25). The fraction of sp³-hybridized carbons (Fsp3) is 0.278. The number of nitrogens with zero attached hydrogens (tertiary/aromatic N) is 2. The molecule has 26 heavy (non-hydrogen) atoms. The molecule has 2 atom stereocenters. The quantitative estimate of drug-likeness (QED) is 0.578. The maximum absolute atomic E-state index is 12.8. The van der Waals surface area contributed by atoms with Gasteiger partial charge in [-0.05, 0) is 19.9 Å². The first kappa shape index (κ1) is 16.3. The average molecular weight is 352 g/mol. The summed E-state index contributed by atoms with van der Waals surface area (Å²) in [6, 6.07) is 9.43. The number of hydrogen-bond donors (Lipinski definition) is 4. The minimum absolute atomic E-state index is 0.0235. The lowest BCUT2D eigenvalue weighted by atomic mass is 10.1. The number of fused-ring (bicyclic) bond motifs is 1. The van der Waals surface area contributed by atoms with E-state index in [1.807, 2.05) is 38.1 Å². The van der Waals surface area contributed by atoms with Gasteiger partial charge in [0.2, 0.25) is 5.91 Å². The summed E-state index contributed by atoms with van der Waals surface area (Å²) < 4.78 is 1.59. The molecule has 134 valence electrons. The van der Waals surface area contributed by atoms with E-state index in [-0.39, 0.29) is 17.9 Å². The van der Waals surface area contributed by atoms with Gasteiger partial charge in [-0.15, -0.1) is 0 Å². The molecule has 2 aromatic heterocycles. The highest BCUT2D eigenvalue weighted by atomic mass is 16.2. The summed E-state index contributed by atoms with van der Waals surface area (Å²) in [6.45, 7) is 3.78. The third-order valence-corrected chi connectivity index (χ3v) is 4.41. The molecule has 3 aromatic rings. The second kappa shape index (κ2) is 6.30.